The standard InChI is InChI=1S/C20H26/c1-5-7-9-11-13-19-15-17(3)18(4)16-20(19)14-12-10-8-6-2/h15-16H,5-10H2,1-4H3. The van der Waals surface area contributed by atoms with E-state index in [9.17, 15) is 0 Å². The van der Waals surface area contributed by atoms with Crippen LogP contribution >= 0.6 is 0 Å². The van der Waals surface area contributed by atoms with Crippen molar-refractivity contribution in [2.75, 3.05) is 0 Å². The Bertz CT molecular complexity index is 490. The highest BCUT2D eigenvalue weighted by Crippen LogP contribution is 2.15. The molecule has 0 bridgehead atoms. The minimum Gasteiger partial charge on any atom is -0.0978 e. The summed E-state index contributed by atoms with van der Waals surface area (Å²) in [4.78, 5) is 0. The van der Waals surface area contributed by atoms with E-state index in [4.69, 9.17) is 0 Å². The molecule has 0 amide bonds. The van der Waals surface area contributed by atoms with E-state index in [0.717, 1.165) is 24.0 Å². The molecule has 0 fully saturated rings. The zero-order valence-corrected chi connectivity index (χ0v) is 13.4. The van der Waals surface area contributed by atoms with E-state index in [2.05, 4.69) is 63.5 Å². The minimum atomic E-state index is 0.978. The average molecular weight is 266 g/mol. The fourth-order valence-corrected chi connectivity index (χ4v) is 1.87. The zero-order valence-electron chi connectivity index (χ0n) is 13.4. The normalized spacial score (nSPS) is 9.40. The van der Waals surface area contributed by atoms with Gasteiger partial charge in [-0.25, -0.2) is 0 Å². The first kappa shape index (κ1) is 16.4. The van der Waals surface area contributed by atoms with Gasteiger partial charge >= 0.3 is 0 Å². The number of hydrogen-bond donors (Lipinski definition) is 0. The highest BCUT2D eigenvalue weighted by atomic mass is 14.0. The van der Waals surface area contributed by atoms with Crippen LogP contribution in [0.15, 0.2) is 12.1 Å². The molecule has 0 aliphatic heterocycles. The van der Waals surface area contributed by atoms with E-state index in [0.29, 0.717) is 0 Å². The van der Waals surface area contributed by atoms with Crippen molar-refractivity contribution in [3.63, 3.8) is 0 Å². The molecular formula is C20H26. The third-order valence-corrected chi connectivity index (χ3v) is 3.39. The maximum atomic E-state index is 3.30. The molecule has 106 valence electrons. The largest absolute Gasteiger partial charge is 0.0978 e. The van der Waals surface area contributed by atoms with Crippen molar-refractivity contribution in [1.29, 1.82) is 0 Å². The molecule has 0 heteroatoms. The minimum absolute atomic E-state index is 0.978. The maximum absolute atomic E-state index is 3.30. The summed E-state index contributed by atoms with van der Waals surface area (Å²) in [5, 5.41) is 0. The van der Waals surface area contributed by atoms with Crippen LogP contribution in [-0.4, -0.2) is 0 Å². The van der Waals surface area contributed by atoms with Crippen molar-refractivity contribution < 1.29 is 0 Å². The summed E-state index contributed by atoms with van der Waals surface area (Å²) in [7, 11) is 0. The summed E-state index contributed by atoms with van der Waals surface area (Å²) in [5.74, 6) is 13.2. The Morgan fingerprint density at radius 2 is 1.15 bits per heavy atom. The lowest BCUT2D eigenvalue weighted by Gasteiger charge is -2.03. The van der Waals surface area contributed by atoms with Gasteiger partial charge in [-0.3, -0.25) is 0 Å². The van der Waals surface area contributed by atoms with Crippen LogP contribution in [0.4, 0.5) is 0 Å². The van der Waals surface area contributed by atoms with Crippen molar-refractivity contribution in [3.05, 3.63) is 34.4 Å². The number of hydrogen-bond acceptors (Lipinski definition) is 0. The van der Waals surface area contributed by atoms with Crippen molar-refractivity contribution >= 4 is 0 Å². The number of benzene rings is 1. The van der Waals surface area contributed by atoms with Crippen molar-refractivity contribution in [2.24, 2.45) is 0 Å². The fraction of sp³-hybridized carbons (Fsp3) is 0.500. The lowest BCUT2D eigenvalue weighted by atomic mass is 10.00. The van der Waals surface area contributed by atoms with Crippen molar-refractivity contribution in [3.8, 4) is 23.7 Å². The summed E-state index contributed by atoms with van der Waals surface area (Å²) in [6.07, 6.45) is 6.71. The topological polar surface area (TPSA) is 0 Å². The molecule has 1 aromatic rings. The molecule has 0 aliphatic rings. The second-order valence-electron chi connectivity index (χ2n) is 5.29. The second-order valence-corrected chi connectivity index (χ2v) is 5.29. The predicted octanol–water partition coefficient (Wildman–Crippen LogP) is 5.39. The number of unbranched alkanes of at least 4 members (excludes halogenated alkanes) is 4. The molecule has 0 aliphatic carbocycles. The Morgan fingerprint density at radius 1 is 0.750 bits per heavy atom. The molecule has 0 unspecified atom stereocenters. The van der Waals surface area contributed by atoms with Crippen LogP contribution in [-0.2, 0) is 0 Å². The van der Waals surface area contributed by atoms with Crippen LogP contribution in [0, 0.1) is 37.5 Å². The van der Waals surface area contributed by atoms with Crippen molar-refractivity contribution in [2.45, 2.75) is 66.2 Å². The monoisotopic (exact) mass is 266 g/mol. The van der Waals surface area contributed by atoms with Gasteiger partial charge in [-0.1, -0.05) is 50.4 Å². The molecule has 0 spiro atoms. The fourth-order valence-electron chi connectivity index (χ4n) is 1.87. The Morgan fingerprint density at radius 3 is 1.50 bits per heavy atom. The van der Waals surface area contributed by atoms with E-state index in [1.165, 1.54) is 36.8 Å². The summed E-state index contributed by atoms with van der Waals surface area (Å²) in [6.45, 7) is 8.67. The molecule has 0 radical (unpaired) electrons. The van der Waals surface area contributed by atoms with Crippen molar-refractivity contribution in [1.82, 2.24) is 0 Å². The van der Waals surface area contributed by atoms with E-state index in [1.807, 2.05) is 0 Å². The van der Waals surface area contributed by atoms with Gasteiger partial charge in [0.25, 0.3) is 0 Å². The van der Waals surface area contributed by atoms with Crippen LogP contribution in [0.2, 0.25) is 0 Å². The van der Waals surface area contributed by atoms with Gasteiger partial charge in [0.05, 0.1) is 0 Å². The molecule has 1 aromatic carbocycles. The Hall–Kier alpha value is -1.66. The Kier molecular flexibility index (Phi) is 7.60. The van der Waals surface area contributed by atoms with E-state index < -0.39 is 0 Å². The van der Waals surface area contributed by atoms with Crippen LogP contribution in [0.3, 0.4) is 0 Å². The van der Waals surface area contributed by atoms with Crippen LogP contribution in [0.25, 0.3) is 0 Å². The first-order valence-corrected chi connectivity index (χ1v) is 7.78. The Labute approximate surface area is 125 Å². The average Bonchev–Trinajstić information content (AvgIpc) is 2.44. The quantitative estimate of drug-likeness (QED) is 0.506. The van der Waals surface area contributed by atoms with Gasteiger partial charge in [0, 0.05) is 24.0 Å². The van der Waals surface area contributed by atoms with Crippen LogP contribution in [0.1, 0.15) is 74.6 Å². The Balaban J connectivity index is 2.96. The van der Waals surface area contributed by atoms with Gasteiger partial charge in [-0.15, -0.1) is 0 Å². The maximum Gasteiger partial charge on any atom is 0.0404 e. The molecule has 0 atom stereocenters. The number of aryl methyl sites for hydroxylation is 2. The number of rotatable bonds is 4. The van der Waals surface area contributed by atoms with Crippen LogP contribution in [0.5, 0.6) is 0 Å². The highest BCUT2D eigenvalue weighted by molar-refractivity contribution is 5.53. The molecule has 0 nitrogen and oxygen atoms in total. The molecule has 0 N–H and O–H groups in total. The molecule has 20 heavy (non-hydrogen) atoms. The molecule has 0 heterocycles. The van der Waals surface area contributed by atoms with E-state index >= 15 is 0 Å². The first-order valence-electron chi connectivity index (χ1n) is 7.78. The van der Waals surface area contributed by atoms with Gasteiger partial charge in [0.1, 0.15) is 0 Å². The van der Waals surface area contributed by atoms with Crippen LogP contribution < -0.4 is 0 Å². The highest BCUT2D eigenvalue weighted by Gasteiger charge is 2.01. The van der Waals surface area contributed by atoms with E-state index in [-0.39, 0.29) is 0 Å². The predicted molar refractivity (Wildman–Crippen MR) is 88.7 cm³/mol. The molecule has 0 saturated carbocycles. The van der Waals surface area contributed by atoms with Gasteiger partial charge in [0.15, 0.2) is 0 Å². The second kappa shape index (κ2) is 9.28. The third kappa shape index (κ3) is 5.54. The lowest BCUT2D eigenvalue weighted by molar-refractivity contribution is 0.828. The van der Waals surface area contributed by atoms with E-state index in [1.54, 1.807) is 0 Å². The first-order chi connectivity index (χ1) is 9.69. The van der Waals surface area contributed by atoms with Gasteiger partial charge in [-0.05, 0) is 49.9 Å². The third-order valence-electron chi connectivity index (χ3n) is 3.39. The van der Waals surface area contributed by atoms with Gasteiger partial charge < -0.3 is 0 Å². The van der Waals surface area contributed by atoms with Gasteiger partial charge in [0.2, 0.25) is 0 Å². The lowest BCUT2D eigenvalue weighted by Crippen LogP contribution is -1.90. The molecule has 0 aromatic heterocycles. The summed E-state index contributed by atoms with van der Waals surface area (Å²) >= 11 is 0. The molecule has 1 rings (SSSR count). The molecular weight excluding hydrogens is 240 g/mol. The summed E-state index contributed by atoms with van der Waals surface area (Å²) in [6, 6.07) is 4.36. The SMILES string of the molecule is CCCCC#Cc1cc(C)c(C)cc1C#CCCCC. The van der Waals surface area contributed by atoms with Gasteiger partial charge in [-0.2, -0.15) is 0 Å². The smallest absolute Gasteiger partial charge is 0.0404 e. The summed E-state index contributed by atoms with van der Waals surface area (Å²) in [5.41, 5.74) is 4.77. The summed E-state index contributed by atoms with van der Waals surface area (Å²) < 4.78 is 0. The zero-order chi connectivity index (χ0) is 14.8. The molecule has 0 saturated heterocycles.